The van der Waals surface area contributed by atoms with Crippen molar-refractivity contribution >= 4 is 17.4 Å². The van der Waals surface area contributed by atoms with Crippen LogP contribution in [0.15, 0.2) is 55.0 Å². The van der Waals surface area contributed by atoms with Crippen LogP contribution in [0.5, 0.6) is 0 Å². The van der Waals surface area contributed by atoms with E-state index in [-0.39, 0.29) is 5.69 Å². The second kappa shape index (κ2) is 6.87. The third-order valence-corrected chi connectivity index (χ3v) is 3.56. The number of halogens is 3. The molecule has 134 valence electrons. The van der Waals surface area contributed by atoms with E-state index in [4.69, 9.17) is 0 Å². The molecule has 6 nitrogen and oxygen atoms in total. The van der Waals surface area contributed by atoms with E-state index < -0.39 is 17.8 Å². The lowest BCUT2D eigenvalue weighted by Gasteiger charge is -2.14. The first kappa shape index (κ1) is 17.5. The molecule has 3 rings (SSSR count). The van der Waals surface area contributed by atoms with Crippen LogP contribution < -0.4 is 10.6 Å². The Bertz CT molecular complexity index is 919. The Morgan fingerprint density at radius 2 is 1.85 bits per heavy atom. The number of benzene rings is 1. The number of alkyl halides is 3. The molecule has 0 saturated carbocycles. The van der Waals surface area contributed by atoms with Crippen LogP contribution >= 0.6 is 0 Å². The molecule has 26 heavy (non-hydrogen) atoms. The van der Waals surface area contributed by atoms with Crippen LogP contribution in [0, 0.1) is 6.92 Å². The quantitative estimate of drug-likeness (QED) is 0.733. The van der Waals surface area contributed by atoms with Crippen LogP contribution in [0.1, 0.15) is 11.4 Å². The molecule has 2 heterocycles. The van der Waals surface area contributed by atoms with Crippen LogP contribution in [-0.2, 0) is 6.18 Å². The second-order valence-electron chi connectivity index (χ2n) is 5.37. The van der Waals surface area contributed by atoms with Gasteiger partial charge < -0.3 is 10.6 Å². The van der Waals surface area contributed by atoms with E-state index in [0.29, 0.717) is 11.5 Å². The van der Waals surface area contributed by atoms with Crippen molar-refractivity contribution in [2.24, 2.45) is 0 Å². The average Bonchev–Trinajstić information content (AvgIpc) is 3.01. The van der Waals surface area contributed by atoms with E-state index >= 15 is 0 Å². The van der Waals surface area contributed by atoms with Crippen LogP contribution in [0.4, 0.5) is 29.3 Å². The van der Waals surface area contributed by atoms with Gasteiger partial charge in [0.05, 0.1) is 23.1 Å². The van der Waals surface area contributed by atoms with Crippen molar-refractivity contribution in [2.45, 2.75) is 13.1 Å². The van der Waals surface area contributed by atoms with Gasteiger partial charge in [0.15, 0.2) is 0 Å². The molecule has 0 bridgehead atoms. The maximum absolute atomic E-state index is 12.9. The number of carbonyl (C=O) groups excluding carboxylic acids is 1. The van der Waals surface area contributed by atoms with Crippen molar-refractivity contribution in [3.8, 4) is 5.82 Å². The van der Waals surface area contributed by atoms with E-state index in [2.05, 4.69) is 20.6 Å². The Labute approximate surface area is 146 Å². The van der Waals surface area contributed by atoms with Gasteiger partial charge in [-0.1, -0.05) is 12.1 Å². The molecule has 0 spiro atoms. The minimum absolute atomic E-state index is 0.323. The number of urea groups is 1. The number of hydrogen-bond donors (Lipinski definition) is 2. The van der Waals surface area contributed by atoms with Crippen LogP contribution in [0.25, 0.3) is 5.82 Å². The fourth-order valence-electron chi connectivity index (χ4n) is 2.35. The van der Waals surface area contributed by atoms with Crippen molar-refractivity contribution in [1.82, 2.24) is 14.5 Å². The lowest BCUT2D eigenvalue weighted by atomic mass is 10.1. The smallest absolute Gasteiger partial charge is 0.307 e. The Balaban J connectivity index is 1.71. The molecule has 2 amide bonds. The lowest BCUT2D eigenvalue weighted by Crippen LogP contribution is -2.22. The Morgan fingerprint density at radius 3 is 2.46 bits per heavy atom. The fourth-order valence-corrected chi connectivity index (χ4v) is 2.35. The average molecular weight is 361 g/mol. The van der Waals surface area contributed by atoms with E-state index in [9.17, 15) is 18.0 Å². The van der Waals surface area contributed by atoms with Crippen LogP contribution in [0.3, 0.4) is 0 Å². The number of hydrogen-bond acceptors (Lipinski definition) is 3. The molecule has 0 aliphatic heterocycles. The number of pyridine rings is 1. The molecule has 2 N–H and O–H groups in total. The molecule has 0 fully saturated rings. The van der Waals surface area contributed by atoms with Gasteiger partial charge in [-0.3, -0.25) is 4.57 Å². The number of amides is 2. The van der Waals surface area contributed by atoms with Crippen molar-refractivity contribution in [2.75, 3.05) is 10.6 Å². The second-order valence-corrected chi connectivity index (χ2v) is 5.37. The van der Waals surface area contributed by atoms with E-state index in [0.717, 1.165) is 11.9 Å². The summed E-state index contributed by atoms with van der Waals surface area (Å²) in [6.45, 7) is 1.82. The van der Waals surface area contributed by atoms with Gasteiger partial charge in [0.1, 0.15) is 11.6 Å². The molecule has 0 unspecified atom stereocenters. The summed E-state index contributed by atoms with van der Waals surface area (Å²) in [6, 6.07) is 7.21. The van der Waals surface area contributed by atoms with Crippen molar-refractivity contribution < 1.29 is 18.0 Å². The monoisotopic (exact) mass is 361 g/mol. The van der Waals surface area contributed by atoms with Crippen molar-refractivity contribution in [3.05, 3.63) is 66.4 Å². The molecule has 0 aliphatic rings. The summed E-state index contributed by atoms with van der Waals surface area (Å²) in [7, 11) is 0. The van der Waals surface area contributed by atoms with Crippen LogP contribution in [0.2, 0.25) is 0 Å². The highest BCUT2D eigenvalue weighted by molar-refractivity contribution is 6.00. The number of carbonyl (C=O) groups is 1. The number of rotatable bonds is 3. The number of anilines is 2. The highest BCUT2D eigenvalue weighted by atomic mass is 19.4. The van der Waals surface area contributed by atoms with Gasteiger partial charge in [-0.25, -0.2) is 14.8 Å². The molecular formula is C17H14F3N5O. The van der Waals surface area contributed by atoms with E-state index in [1.165, 1.54) is 24.4 Å². The Hall–Kier alpha value is -3.36. The normalized spacial score (nSPS) is 11.2. The Kier molecular flexibility index (Phi) is 4.61. The van der Waals surface area contributed by atoms with E-state index in [1.807, 2.05) is 6.92 Å². The highest BCUT2D eigenvalue weighted by Crippen LogP contribution is 2.34. The zero-order valence-corrected chi connectivity index (χ0v) is 13.6. The van der Waals surface area contributed by atoms with Crippen LogP contribution in [-0.4, -0.2) is 20.6 Å². The number of aromatic nitrogens is 3. The molecular weight excluding hydrogens is 347 g/mol. The summed E-state index contributed by atoms with van der Waals surface area (Å²) in [5.41, 5.74) is -0.899. The van der Waals surface area contributed by atoms with Gasteiger partial charge in [0.25, 0.3) is 0 Å². The largest absolute Gasteiger partial charge is 0.418 e. The van der Waals surface area contributed by atoms with Gasteiger partial charge in [-0.2, -0.15) is 13.2 Å². The van der Waals surface area contributed by atoms with Crippen molar-refractivity contribution in [1.29, 1.82) is 0 Å². The maximum Gasteiger partial charge on any atom is 0.418 e. The number of aryl methyl sites for hydroxylation is 1. The lowest BCUT2D eigenvalue weighted by molar-refractivity contribution is -0.136. The first-order valence-electron chi connectivity index (χ1n) is 7.55. The summed E-state index contributed by atoms with van der Waals surface area (Å²) in [5, 5.41) is 4.66. The molecule has 0 saturated heterocycles. The summed E-state index contributed by atoms with van der Waals surface area (Å²) in [4.78, 5) is 20.3. The zero-order valence-electron chi connectivity index (χ0n) is 13.6. The molecule has 1 aromatic carbocycles. The van der Waals surface area contributed by atoms with Crippen molar-refractivity contribution in [3.63, 3.8) is 0 Å². The predicted molar refractivity (Wildman–Crippen MR) is 90.2 cm³/mol. The van der Waals surface area contributed by atoms with Gasteiger partial charge in [-0.15, -0.1) is 0 Å². The zero-order chi connectivity index (χ0) is 18.7. The molecule has 3 aromatic rings. The molecule has 0 radical (unpaired) electrons. The minimum Gasteiger partial charge on any atom is -0.307 e. The number of para-hydroxylation sites is 1. The highest BCUT2D eigenvalue weighted by Gasteiger charge is 2.33. The number of nitrogens with zero attached hydrogens (tertiary/aromatic N) is 3. The van der Waals surface area contributed by atoms with Gasteiger partial charge in [0, 0.05) is 12.4 Å². The standard InChI is InChI=1S/C17H14F3N5O/c1-11-21-8-9-25(11)15-7-6-12(10-22-15)23-16(26)24-14-5-3-2-4-13(14)17(18,19)20/h2-10H,1H3,(H2,23,24,26). The Morgan fingerprint density at radius 1 is 1.08 bits per heavy atom. The first-order chi connectivity index (χ1) is 12.3. The van der Waals surface area contributed by atoms with Gasteiger partial charge in [-0.05, 0) is 31.2 Å². The van der Waals surface area contributed by atoms with Gasteiger partial charge in [0.2, 0.25) is 0 Å². The minimum atomic E-state index is -4.56. The summed E-state index contributed by atoms with van der Waals surface area (Å²) in [6.07, 6.45) is 0.222. The summed E-state index contributed by atoms with van der Waals surface area (Å²) < 4.78 is 40.6. The number of nitrogens with one attached hydrogen (secondary N) is 2. The molecule has 2 aromatic heterocycles. The first-order valence-corrected chi connectivity index (χ1v) is 7.55. The SMILES string of the molecule is Cc1nccn1-c1ccc(NC(=O)Nc2ccccc2C(F)(F)F)cn1. The molecule has 9 heteroatoms. The number of imidazole rings is 1. The summed E-state index contributed by atoms with van der Waals surface area (Å²) >= 11 is 0. The van der Waals surface area contributed by atoms with E-state index in [1.54, 1.807) is 29.1 Å². The maximum atomic E-state index is 12.9. The summed E-state index contributed by atoms with van der Waals surface area (Å²) in [5.74, 6) is 1.35. The third kappa shape index (κ3) is 3.82. The molecule has 0 atom stereocenters. The third-order valence-electron chi connectivity index (χ3n) is 3.56. The fraction of sp³-hybridized carbons (Fsp3) is 0.118. The molecule has 0 aliphatic carbocycles. The van der Waals surface area contributed by atoms with Gasteiger partial charge >= 0.3 is 12.2 Å². The topological polar surface area (TPSA) is 71.8 Å². The predicted octanol–water partition coefficient (Wildman–Crippen LogP) is 4.24.